The summed E-state index contributed by atoms with van der Waals surface area (Å²) in [5.74, 6) is 5.06. The average Bonchev–Trinajstić information content (AvgIpc) is 3.03. The molecule has 122 valence electrons. The van der Waals surface area contributed by atoms with Gasteiger partial charge in [0.15, 0.2) is 0 Å². The van der Waals surface area contributed by atoms with E-state index in [0.717, 1.165) is 24.1 Å². The zero-order valence-electron chi connectivity index (χ0n) is 13.5. The molecule has 0 saturated carbocycles. The monoisotopic (exact) mass is 319 g/mol. The number of amides is 1. The lowest BCUT2D eigenvalue weighted by Gasteiger charge is -2.13. The van der Waals surface area contributed by atoms with E-state index in [1.807, 2.05) is 53.1 Å². The van der Waals surface area contributed by atoms with Crippen LogP contribution in [0.2, 0.25) is 0 Å². The molecule has 0 atom stereocenters. The number of nitrogens with two attached hydrogens (primary N) is 1. The summed E-state index contributed by atoms with van der Waals surface area (Å²) in [5.41, 5.74) is 6.39. The third-order valence-electron chi connectivity index (χ3n) is 4.13. The summed E-state index contributed by atoms with van der Waals surface area (Å²) in [6, 6.07) is 24.3. The van der Waals surface area contributed by atoms with Crippen LogP contribution >= 0.6 is 0 Å². The fourth-order valence-electron chi connectivity index (χ4n) is 2.87. The largest absolute Gasteiger partial charge is 0.336 e. The Hall–Kier alpha value is -2.85. The summed E-state index contributed by atoms with van der Waals surface area (Å²) in [4.78, 5) is 12.1. The highest BCUT2D eigenvalue weighted by Gasteiger charge is 2.14. The average molecular weight is 319 g/mol. The molecule has 4 heteroatoms. The molecule has 24 heavy (non-hydrogen) atoms. The van der Waals surface area contributed by atoms with E-state index in [4.69, 9.17) is 5.84 Å². The SMILES string of the molecule is NNC(=O)c1ccc(CCc2ccccc2)n1Cc1ccccc1. The molecule has 2 aromatic carbocycles. The van der Waals surface area contributed by atoms with Crippen LogP contribution in [0.5, 0.6) is 0 Å². The molecule has 0 radical (unpaired) electrons. The van der Waals surface area contributed by atoms with Crippen molar-refractivity contribution in [1.29, 1.82) is 0 Å². The second-order valence-electron chi connectivity index (χ2n) is 5.74. The predicted molar refractivity (Wildman–Crippen MR) is 95.5 cm³/mol. The van der Waals surface area contributed by atoms with Gasteiger partial charge in [-0.2, -0.15) is 0 Å². The molecule has 0 bridgehead atoms. The number of nitrogens with zero attached hydrogens (tertiary/aromatic N) is 1. The van der Waals surface area contributed by atoms with Gasteiger partial charge in [0.05, 0.1) is 0 Å². The van der Waals surface area contributed by atoms with Crippen molar-refractivity contribution in [3.63, 3.8) is 0 Å². The van der Waals surface area contributed by atoms with E-state index in [1.165, 1.54) is 5.56 Å². The molecule has 4 nitrogen and oxygen atoms in total. The van der Waals surface area contributed by atoms with Crippen molar-refractivity contribution in [2.24, 2.45) is 5.84 Å². The van der Waals surface area contributed by atoms with Crippen LogP contribution in [0.25, 0.3) is 0 Å². The minimum atomic E-state index is -0.267. The molecule has 0 aliphatic heterocycles. The van der Waals surface area contributed by atoms with Crippen molar-refractivity contribution in [3.05, 3.63) is 95.3 Å². The summed E-state index contributed by atoms with van der Waals surface area (Å²) < 4.78 is 2.04. The van der Waals surface area contributed by atoms with Crippen LogP contribution in [0.3, 0.4) is 0 Å². The van der Waals surface area contributed by atoms with Crippen LogP contribution in [-0.2, 0) is 19.4 Å². The zero-order chi connectivity index (χ0) is 16.8. The Morgan fingerprint density at radius 2 is 1.46 bits per heavy atom. The number of hydrogen-bond donors (Lipinski definition) is 2. The number of aryl methyl sites for hydroxylation is 2. The van der Waals surface area contributed by atoms with Crippen molar-refractivity contribution in [3.8, 4) is 0 Å². The Balaban J connectivity index is 1.85. The number of carbonyl (C=O) groups is 1. The smallest absolute Gasteiger partial charge is 0.281 e. The van der Waals surface area contributed by atoms with Gasteiger partial charge >= 0.3 is 0 Å². The number of aromatic nitrogens is 1. The van der Waals surface area contributed by atoms with Gasteiger partial charge in [0.2, 0.25) is 0 Å². The van der Waals surface area contributed by atoms with Gasteiger partial charge in [-0.25, -0.2) is 5.84 Å². The molecule has 3 rings (SSSR count). The molecule has 0 aliphatic rings. The molecule has 0 fully saturated rings. The van der Waals surface area contributed by atoms with Gasteiger partial charge in [-0.15, -0.1) is 0 Å². The Morgan fingerprint density at radius 3 is 2.08 bits per heavy atom. The van der Waals surface area contributed by atoms with E-state index >= 15 is 0 Å². The van der Waals surface area contributed by atoms with Crippen LogP contribution in [0.4, 0.5) is 0 Å². The normalized spacial score (nSPS) is 10.5. The summed E-state index contributed by atoms with van der Waals surface area (Å²) in [6.07, 6.45) is 1.80. The molecular weight excluding hydrogens is 298 g/mol. The fraction of sp³-hybridized carbons (Fsp3) is 0.150. The van der Waals surface area contributed by atoms with Crippen LogP contribution < -0.4 is 11.3 Å². The third-order valence-corrected chi connectivity index (χ3v) is 4.13. The van der Waals surface area contributed by atoms with E-state index in [-0.39, 0.29) is 5.91 Å². The second-order valence-corrected chi connectivity index (χ2v) is 5.74. The first-order valence-corrected chi connectivity index (χ1v) is 8.05. The van der Waals surface area contributed by atoms with Gasteiger partial charge in [0, 0.05) is 12.2 Å². The number of hydrogen-bond acceptors (Lipinski definition) is 2. The summed E-state index contributed by atoms with van der Waals surface area (Å²) >= 11 is 0. The Bertz CT molecular complexity index is 794. The van der Waals surface area contributed by atoms with Crippen LogP contribution in [0, 0.1) is 0 Å². The van der Waals surface area contributed by atoms with Gasteiger partial charge in [-0.05, 0) is 36.1 Å². The van der Waals surface area contributed by atoms with Gasteiger partial charge < -0.3 is 4.57 Å². The Morgan fingerprint density at radius 1 is 0.833 bits per heavy atom. The molecule has 0 aliphatic carbocycles. The van der Waals surface area contributed by atoms with Crippen molar-refractivity contribution in [1.82, 2.24) is 9.99 Å². The van der Waals surface area contributed by atoms with E-state index < -0.39 is 0 Å². The first-order chi connectivity index (χ1) is 11.8. The van der Waals surface area contributed by atoms with Gasteiger partial charge in [-0.3, -0.25) is 10.2 Å². The summed E-state index contributed by atoms with van der Waals surface area (Å²) in [6.45, 7) is 0.653. The van der Waals surface area contributed by atoms with E-state index in [0.29, 0.717) is 12.2 Å². The maximum Gasteiger partial charge on any atom is 0.281 e. The van der Waals surface area contributed by atoms with E-state index in [1.54, 1.807) is 0 Å². The van der Waals surface area contributed by atoms with Crippen LogP contribution in [-0.4, -0.2) is 10.5 Å². The predicted octanol–water partition coefficient (Wildman–Crippen LogP) is 2.93. The topological polar surface area (TPSA) is 60.0 Å². The molecule has 0 unspecified atom stereocenters. The zero-order valence-corrected chi connectivity index (χ0v) is 13.5. The van der Waals surface area contributed by atoms with Crippen molar-refractivity contribution in [2.45, 2.75) is 19.4 Å². The highest BCUT2D eigenvalue weighted by atomic mass is 16.2. The number of carbonyl (C=O) groups excluding carboxylic acids is 1. The molecule has 1 heterocycles. The number of benzene rings is 2. The van der Waals surface area contributed by atoms with Gasteiger partial charge in [0.1, 0.15) is 5.69 Å². The highest BCUT2D eigenvalue weighted by Crippen LogP contribution is 2.15. The number of nitrogen functional groups attached to an aromatic ring is 1. The number of rotatable bonds is 6. The quantitative estimate of drug-likeness (QED) is 0.417. The molecule has 3 aromatic rings. The first-order valence-electron chi connectivity index (χ1n) is 8.05. The number of hydrazine groups is 1. The van der Waals surface area contributed by atoms with Gasteiger partial charge in [-0.1, -0.05) is 60.7 Å². The maximum atomic E-state index is 12.1. The van der Waals surface area contributed by atoms with E-state index in [9.17, 15) is 4.79 Å². The standard InChI is InChI=1S/C20H21N3O/c21-22-20(24)19-14-13-18(12-11-16-7-3-1-4-8-16)23(19)15-17-9-5-2-6-10-17/h1-10,13-14H,11-12,15,21H2,(H,22,24). The van der Waals surface area contributed by atoms with E-state index in [2.05, 4.69) is 29.7 Å². The molecule has 1 aromatic heterocycles. The fourth-order valence-corrected chi connectivity index (χ4v) is 2.87. The maximum absolute atomic E-state index is 12.1. The van der Waals surface area contributed by atoms with Crippen molar-refractivity contribution < 1.29 is 4.79 Å². The molecule has 3 N–H and O–H groups in total. The molecule has 1 amide bonds. The van der Waals surface area contributed by atoms with Crippen molar-refractivity contribution in [2.75, 3.05) is 0 Å². The third kappa shape index (κ3) is 3.73. The van der Waals surface area contributed by atoms with Crippen LogP contribution in [0.1, 0.15) is 27.3 Å². The molecular formula is C20H21N3O. The number of nitrogens with one attached hydrogen (secondary N) is 1. The summed E-state index contributed by atoms with van der Waals surface area (Å²) in [7, 11) is 0. The Labute approximate surface area is 141 Å². The second kappa shape index (κ2) is 7.62. The first kappa shape index (κ1) is 16.0. The Kier molecular flexibility index (Phi) is 5.08. The molecule has 0 saturated heterocycles. The molecule has 0 spiro atoms. The van der Waals surface area contributed by atoms with Crippen molar-refractivity contribution >= 4 is 5.91 Å². The lowest BCUT2D eigenvalue weighted by Crippen LogP contribution is -2.32. The minimum Gasteiger partial charge on any atom is -0.336 e. The highest BCUT2D eigenvalue weighted by molar-refractivity contribution is 5.92. The van der Waals surface area contributed by atoms with Gasteiger partial charge in [0.25, 0.3) is 5.91 Å². The lowest BCUT2D eigenvalue weighted by atomic mass is 10.1. The summed E-state index contributed by atoms with van der Waals surface area (Å²) in [5, 5.41) is 0. The minimum absolute atomic E-state index is 0.267. The lowest BCUT2D eigenvalue weighted by molar-refractivity contribution is 0.0944. The van der Waals surface area contributed by atoms with Crippen LogP contribution in [0.15, 0.2) is 72.8 Å².